The van der Waals surface area contributed by atoms with Crippen LogP contribution in [0.4, 0.5) is 0 Å². The molecule has 4 heteroatoms. The first kappa shape index (κ1) is 9.99. The maximum absolute atomic E-state index is 4.71. The molecule has 0 heterocycles. The summed E-state index contributed by atoms with van der Waals surface area (Å²) in [4.78, 5) is 0. The predicted molar refractivity (Wildman–Crippen MR) is 26.9 cm³/mol. The van der Waals surface area contributed by atoms with E-state index >= 15 is 0 Å². The summed E-state index contributed by atoms with van der Waals surface area (Å²) in [5.74, 6) is 0. The molecule has 0 saturated carbocycles. The van der Waals surface area contributed by atoms with Gasteiger partial charge in [0.1, 0.15) is 4.32 Å². The molecule has 0 aromatic carbocycles. The van der Waals surface area contributed by atoms with Crippen molar-refractivity contribution in [1.82, 2.24) is 0 Å². The second-order valence-corrected chi connectivity index (χ2v) is 1.56. The summed E-state index contributed by atoms with van der Waals surface area (Å²) in [6.45, 7) is 0. The Labute approximate surface area is 86.0 Å². The van der Waals surface area contributed by atoms with Crippen LogP contribution in [0.3, 0.4) is 0 Å². The van der Waals surface area contributed by atoms with Gasteiger partial charge in [-0.3, -0.25) is 0 Å². The molecule has 0 rings (SSSR count). The van der Waals surface area contributed by atoms with Crippen LogP contribution in [0, 0.1) is 0 Å². The second-order valence-electron chi connectivity index (χ2n) is 0.338. The number of thiocarbonyl (C=S) groups is 1. The van der Waals surface area contributed by atoms with Crippen LogP contribution >= 0.6 is 24.8 Å². The summed E-state index contributed by atoms with van der Waals surface area (Å²) >= 11 is 7.65. The molecule has 0 aliphatic rings. The molecule has 0 aromatic rings. The predicted octanol–water partition coefficient (Wildman–Crippen LogP) is -2.72. The van der Waals surface area contributed by atoms with E-state index in [2.05, 4.69) is 24.8 Å². The van der Waals surface area contributed by atoms with Gasteiger partial charge < -0.3 is 7.16 Å². The SMILES string of the molecule is NC(=S)S.[H-].[K+]. The summed E-state index contributed by atoms with van der Waals surface area (Å²) in [5.41, 5.74) is 4.71. The maximum atomic E-state index is 4.71. The fourth-order valence-corrected chi connectivity index (χ4v) is 0. The molecule has 0 saturated heterocycles. The summed E-state index contributed by atoms with van der Waals surface area (Å²) < 4.78 is 0.194. The van der Waals surface area contributed by atoms with Gasteiger partial charge in [-0.2, -0.15) is 0 Å². The Balaban J connectivity index is -0.0000000450. The minimum atomic E-state index is 0. The molecule has 0 bridgehead atoms. The fourth-order valence-electron chi connectivity index (χ4n) is 0. The van der Waals surface area contributed by atoms with Gasteiger partial charge in [-0.25, -0.2) is 0 Å². The standard InChI is InChI=1S/CH3NS2.K.H/c2-1(3)4;;/h(H3,2,3,4);;/q;+1;-1. The second kappa shape index (κ2) is 5.88. The average Bonchev–Trinajstić information content (AvgIpc) is 0.811. The summed E-state index contributed by atoms with van der Waals surface area (Å²) in [7, 11) is 0. The van der Waals surface area contributed by atoms with E-state index in [0.717, 1.165) is 0 Å². The van der Waals surface area contributed by atoms with Crippen LogP contribution in [0.15, 0.2) is 0 Å². The van der Waals surface area contributed by atoms with Crippen LogP contribution in [-0.2, 0) is 0 Å². The maximum Gasteiger partial charge on any atom is 1.00 e. The number of hydrogen-bond acceptors (Lipinski definition) is 1. The third-order valence-electron chi connectivity index (χ3n) is 0. The van der Waals surface area contributed by atoms with E-state index < -0.39 is 0 Å². The van der Waals surface area contributed by atoms with Crippen LogP contribution in [0.5, 0.6) is 0 Å². The van der Waals surface area contributed by atoms with E-state index in [1.807, 2.05) is 0 Å². The Morgan fingerprint density at radius 1 is 2.00 bits per heavy atom. The zero-order valence-electron chi connectivity index (χ0n) is 3.93. The molecule has 0 spiro atoms. The number of nitrogens with two attached hydrogens (primary N) is 1. The van der Waals surface area contributed by atoms with Gasteiger partial charge in [-0.15, -0.1) is 12.6 Å². The van der Waals surface area contributed by atoms with Crippen molar-refractivity contribution in [1.29, 1.82) is 0 Å². The normalized spacial score (nSPS) is 5.00. The molecule has 0 aromatic heterocycles. The minimum absolute atomic E-state index is 0. The zero-order chi connectivity index (χ0) is 3.58. The number of rotatable bonds is 0. The summed E-state index contributed by atoms with van der Waals surface area (Å²) in [6.07, 6.45) is 0. The van der Waals surface area contributed by atoms with Gasteiger partial charge in [-0.05, 0) is 0 Å². The zero-order valence-corrected chi connectivity index (χ0v) is 7.77. The minimum Gasteiger partial charge on any atom is -1.00 e. The topological polar surface area (TPSA) is 26.0 Å². The van der Waals surface area contributed by atoms with Crippen LogP contribution < -0.4 is 57.1 Å². The monoisotopic (exact) mass is 133 g/mol. The molecular formula is CH4KNS2. The van der Waals surface area contributed by atoms with E-state index in [9.17, 15) is 0 Å². The molecule has 0 aliphatic heterocycles. The Morgan fingerprint density at radius 3 is 2.00 bits per heavy atom. The average molecular weight is 133 g/mol. The van der Waals surface area contributed by atoms with Crippen LogP contribution in [-0.4, -0.2) is 4.32 Å². The Kier molecular flexibility index (Phi) is 11.7. The molecule has 5 heavy (non-hydrogen) atoms. The van der Waals surface area contributed by atoms with Gasteiger partial charge in [-0.1, -0.05) is 12.2 Å². The van der Waals surface area contributed by atoms with E-state index in [0.29, 0.717) is 0 Å². The van der Waals surface area contributed by atoms with Crippen molar-refractivity contribution in [3.05, 3.63) is 0 Å². The first-order valence-corrected chi connectivity index (χ1v) is 1.57. The van der Waals surface area contributed by atoms with Crippen LogP contribution in [0.25, 0.3) is 0 Å². The molecule has 2 N–H and O–H groups in total. The molecule has 0 unspecified atom stereocenters. The third-order valence-corrected chi connectivity index (χ3v) is 0. The molecule has 1 nitrogen and oxygen atoms in total. The molecule has 0 atom stereocenters. The number of hydrogen-bond donors (Lipinski definition) is 2. The van der Waals surface area contributed by atoms with Crippen molar-refractivity contribution in [3.63, 3.8) is 0 Å². The van der Waals surface area contributed by atoms with E-state index in [-0.39, 0.29) is 57.1 Å². The Bertz CT molecular complexity index is 36.5. The van der Waals surface area contributed by atoms with Gasteiger partial charge >= 0.3 is 51.4 Å². The number of thiol groups is 1. The van der Waals surface area contributed by atoms with Gasteiger partial charge in [0, 0.05) is 0 Å². The summed E-state index contributed by atoms with van der Waals surface area (Å²) in [6, 6.07) is 0. The fraction of sp³-hybridized carbons (Fsp3) is 0. The van der Waals surface area contributed by atoms with Gasteiger partial charge in [0.05, 0.1) is 0 Å². The van der Waals surface area contributed by atoms with E-state index in [1.54, 1.807) is 0 Å². The molecule has 0 fully saturated rings. The summed E-state index contributed by atoms with van der Waals surface area (Å²) in [5, 5.41) is 0. The van der Waals surface area contributed by atoms with Gasteiger partial charge in [0.25, 0.3) is 0 Å². The largest absolute Gasteiger partial charge is 1.00 e. The van der Waals surface area contributed by atoms with E-state index in [4.69, 9.17) is 5.73 Å². The molecule has 0 radical (unpaired) electrons. The molecular weight excluding hydrogens is 129 g/mol. The quantitative estimate of drug-likeness (QED) is 0.213. The third kappa shape index (κ3) is 25.1. The van der Waals surface area contributed by atoms with Crippen molar-refractivity contribution < 1.29 is 52.8 Å². The molecule has 0 aliphatic carbocycles. The first-order valence-electron chi connectivity index (χ1n) is 0.716. The van der Waals surface area contributed by atoms with Gasteiger partial charge in [0.15, 0.2) is 0 Å². The van der Waals surface area contributed by atoms with Crippen LogP contribution in [0.2, 0.25) is 0 Å². The Hall–Kier alpha value is 1.88. The van der Waals surface area contributed by atoms with E-state index in [1.165, 1.54) is 0 Å². The molecule has 26 valence electrons. The molecule has 0 amide bonds. The van der Waals surface area contributed by atoms with Gasteiger partial charge in [0.2, 0.25) is 0 Å². The van der Waals surface area contributed by atoms with Crippen molar-refractivity contribution in [2.75, 3.05) is 0 Å². The smallest absolute Gasteiger partial charge is 1.00 e. The Morgan fingerprint density at radius 2 is 2.00 bits per heavy atom. The van der Waals surface area contributed by atoms with Crippen molar-refractivity contribution in [2.45, 2.75) is 0 Å². The van der Waals surface area contributed by atoms with Crippen molar-refractivity contribution in [3.8, 4) is 0 Å². The van der Waals surface area contributed by atoms with Crippen molar-refractivity contribution >= 4 is 29.2 Å². The van der Waals surface area contributed by atoms with Crippen molar-refractivity contribution in [2.24, 2.45) is 5.73 Å². The van der Waals surface area contributed by atoms with Crippen LogP contribution in [0.1, 0.15) is 1.43 Å². The first-order chi connectivity index (χ1) is 1.73.